The zero-order chi connectivity index (χ0) is 25.1. The van der Waals surface area contributed by atoms with E-state index in [9.17, 15) is 9.59 Å². The van der Waals surface area contributed by atoms with Gasteiger partial charge < -0.3 is 19.5 Å². The maximum atomic E-state index is 13.2. The molecule has 0 aromatic heterocycles. The van der Waals surface area contributed by atoms with E-state index < -0.39 is 5.97 Å². The predicted octanol–water partition coefficient (Wildman–Crippen LogP) is 5.96. The highest BCUT2D eigenvalue weighted by Crippen LogP contribution is 2.56. The van der Waals surface area contributed by atoms with Gasteiger partial charge in [-0.3, -0.25) is 4.79 Å². The van der Waals surface area contributed by atoms with Crippen molar-refractivity contribution < 1.29 is 24.2 Å². The summed E-state index contributed by atoms with van der Waals surface area (Å²) in [4.78, 5) is 26.1. The number of carboxylic acid groups (broad SMARTS) is 1. The minimum absolute atomic E-state index is 0.0909. The highest BCUT2D eigenvalue weighted by molar-refractivity contribution is 5.69. The molecule has 1 amide bonds. The Labute approximate surface area is 213 Å². The van der Waals surface area contributed by atoms with Crippen LogP contribution in [-0.2, 0) is 28.0 Å². The summed E-state index contributed by atoms with van der Waals surface area (Å²) < 4.78 is 11.9. The van der Waals surface area contributed by atoms with Crippen LogP contribution in [0.3, 0.4) is 0 Å². The van der Waals surface area contributed by atoms with Crippen LogP contribution in [0.5, 0.6) is 5.75 Å². The number of carbonyl (C=O) groups is 2. The summed E-state index contributed by atoms with van der Waals surface area (Å²) >= 11 is 0. The maximum Gasteiger partial charge on any atom is 0.410 e. The van der Waals surface area contributed by atoms with E-state index in [1.165, 1.54) is 24.0 Å². The van der Waals surface area contributed by atoms with Gasteiger partial charge in [-0.2, -0.15) is 0 Å². The van der Waals surface area contributed by atoms with Gasteiger partial charge in [0.05, 0.1) is 6.61 Å². The third-order valence-electron chi connectivity index (χ3n) is 8.65. The van der Waals surface area contributed by atoms with Gasteiger partial charge in [0, 0.05) is 24.4 Å². The van der Waals surface area contributed by atoms with Crippen LogP contribution in [0.2, 0.25) is 0 Å². The first-order valence-electron chi connectivity index (χ1n) is 13.4. The number of piperidine rings is 1. The third kappa shape index (κ3) is 4.95. The normalized spacial score (nSPS) is 25.3. The first-order valence-corrected chi connectivity index (χ1v) is 13.4. The van der Waals surface area contributed by atoms with Crippen molar-refractivity contribution in [1.29, 1.82) is 0 Å². The third-order valence-corrected chi connectivity index (χ3v) is 8.65. The molecule has 1 heterocycles. The first-order chi connectivity index (χ1) is 17.5. The Balaban J connectivity index is 1.31. The van der Waals surface area contributed by atoms with Crippen molar-refractivity contribution in [3.63, 3.8) is 0 Å². The summed E-state index contributed by atoms with van der Waals surface area (Å²) in [6, 6.07) is 16.5. The Morgan fingerprint density at radius 1 is 1.14 bits per heavy atom. The van der Waals surface area contributed by atoms with Crippen LogP contribution >= 0.6 is 0 Å². The zero-order valence-electron chi connectivity index (χ0n) is 21.2. The monoisotopic (exact) mass is 491 g/mol. The molecule has 0 radical (unpaired) electrons. The number of rotatable bonds is 8. The van der Waals surface area contributed by atoms with E-state index in [1.54, 1.807) is 0 Å². The smallest absolute Gasteiger partial charge is 0.410 e. The Hall–Kier alpha value is -3.02. The second-order valence-electron chi connectivity index (χ2n) is 10.9. The Morgan fingerprint density at radius 3 is 2.78 bits per heavy atom. The topological polar surface area (TPSA) is 76.1 Å². The Morgan fingerprint density at radius 2 is 1.97 bits per heavy atom. The van der Waals surface area contributed by atoms with Crippen molar-refractivity contribution in [1.82, 2.24) is 4.90 Å². The molecule has 2 aromatic carbocycles. The number of hydrogen-bond acceptors (Lipinski definition) is 4. The Bertz CT molecular complexity index is 1090. The molecule has 3 aliphatic rings. The lowest BCUT2D eigenvalue weighted by Gasteiger charge is -2.58. The number of amides is 1. The van der Waals surface area contributed by atoms with Crippen LogP contribution in [0.4, 0.5) is 4.79 Å². The number of ether oxygens (including phenoxy) is 2. The second-order valence-corrected chi connectivity index (χ2v) is 10.9. The number of nitrogens with zero attached hydrogens (tertiary/aromatic N) is 1. The molecule has 2 aliphatic carbocycles. The molecule has 2 bridgehead atoms. The molecule has 1 saturated carbocycles. The van der Waals surface area contributed by atoms with Gasteiger partial charge in [-0.1, -0.05) is 56.2 Å². The molecule has 5 rings (SSSR count). The number of hydrogen-bond donors (Lipinski definition) is 1. The van der Waals surface area contributed by atoms with Gasteiger partial charge in [0.1, 0.15) is 12.4 Å². The molecule has 6 heteroatoms. The van der Waals surface area contributed by atoms with Gasteiger partial charge in [-0.25, -0.2) is 4.79 Å². The molecule has 1 saturated heterocycles. The van der Waals surface area contributed by atoms with Crippen LogP contribution in [0.15, 0.2) is 48.5 Å². The largest absolute Gasteiger partial charge is 0.494 e. The summed E-state index contributed by atoms with van der Waals surface area (Å²) in [5.74, 6) is 0.650. The molecule has 1 N–H and O–H groups in total. The second kappa shape index (κ2) is 10.5. The van der Waals surface area contributed by atoms with E-state index in [0.29, 0.717) is 19.1 Å². The molecule has 1 aliphatic heterocycles. The maximum absolute atomic E-state index is 13.2. The minimum Gasteiger partial charge on any atom is -0.494 e. The van der Waals surface area contributed by atoms with Gasteiger partial charge in [-0.05, 0) is 72.8 Å². The fraction of sp³-hybridized carbons (Fsp3) is 0.533. The molecule has 6 nitrogen and oxygen atoms in total. The summed E-state index contributed by atoms with van der Waals surface area (Å²) in [7, 11) is 0. The van der Waals surface area contributed by atoms with Gasteiger partial charge in [0.2, 0.25) is 0 Å². The molecule has 192 valence electrons. The van der Waals surface area contributed by atoms with Crippen molar-refractivity contribution in [2.75, 3.05) is 13.2 Å². The molecule has 1 unspecified atom stereocenters. The van der Waals surface area contributed by atoms with Crippen molar-refractivity contribution in [3.05, 3.63) is 65.2 Å². The quantitative estimate of drug-likeness (QED) is 0.493. The van der Waals surface area contributed by atoms with Gasteiger partial charge in [-0.15, -0.1) is 0 Å². The average Bonchev–Trinajstić information content (AvgIpc) is 2.88. The van der Waals surface area contributed by atoms with E-state index >= 15 is 0 Å². The molecule has 36 heavy (non-hydrogen) atoms. The van der Waals surface area contributed by atoms with Crippen LogP contribution < -0.4 is 4.74 Å². The van der Waals surface area contributed by atoms with Gasteiger partial charge in [0.25, 0.3) is 0 Å². The van der Waals surface area contributed by atoms with E-state index in [0.717, 1.165) is 50.0 Å². The number of carboxylic acids is 1. The van der Waals surface area contributed by atoms with E-state index in [2.05, 4.69) is 12.1 Å². The van der Waals surface area contributed by atoms with Crippen molar-refractivity contribution in [2.45, 2.75) is 76.4 Å². The minimum atomic E-state index is -0.761. The van der Waals surface area contributed by atoms with E-state index in [-0.39, 0.29) is 29.9 Å². The van der Waals surface area contributed by atoms with Crippen LogP contribution in [0, 0.1) is 11.8 Å². The summed E-state index contributed by atoms with van der Waals surface area (Å²) in [6.07, 6.45) is 7.25. The first kappa shape index (κ1) is 24.7. The highest BCUT2D eigenvalue weighted by atomic mass is 16.6. The number of likely N-dealkylation sites (tertiary alicyclic amines) is 1. The number of aliphatic carboxylic acids is 1. The SMILES string of the molecule is CC(CCOc1ccc2c(c1)[C@@]13CCCC[C@H]1[C@@H](C2)N(C(=O)OCc1ccccc1)CC3)CC(=O)O. The summed E-state index contributed by atoms with van der Waals surface area (Å²) in [6.45, 7) is 3.51. The van der Waals surface area contributed by atoms with E-state index in [4.69, 9.17) is 14.6 Å². The standard InChI is InChI=1S/C30H37NO5/c1-21(17-28(32)33)12-16-35-24-11-10-23-18-27-25-9-5-6-13-30(25,26(23)19-24)14-15-31(27)29(34)36-20-22-7-3-2-4-8-22/h2-4,7-8,10-11,19,21,25,27H,5-6,9,12-18,20H2,1H3,(H,32,33)/t21?,25-,27+,30+/m0/s1. The fourth-order valence-electron chi connectivity index (χ4n) is 6.88. The van der Waals surface area contributed by atoms with Crippen LogP contribution in [-0.4, -0.2) is 41.3 Å². The van der Waals surface area contributed by atoms with Crippen LogP contribution in [0.25, 0.3) is 0 Å². The summed E-state index contributed by atoms with van der Waals surface area (Å²) in [5.41, 5.74) is 3.85. The fourth-order valence-corrected chi connectivity index (χ4v) is 6.88. The van der Waals surface area contributed by atoms with Crippen molar-refractivity contribution >= 4 is 12.1 Å². The lowest BCUT2D eigenvalue weighted by atomic mass is 9.52. The van der Waals surface area contributed by atoms with Gasteiger partial charge in [0.15, 0.2) is 0 Å². The number of carbonyl (C=O) groups excluding carboxylic acids is 1. The molecule has 0 spiro atoms. The molecular weight excluding hydrogens is 454 g/mol. The van der Waals surface area contributed by atoms with Crippen molar-refractivity contribution in [3.8, 4) is 5.75 Å². The Kier molecular flexibility index (Phi) is 7.22. The van der Waals surface area contributed by atoms with E-state index in [1.807, 2.05) is 48.2 Å². The average molecular weight is 492 g/mol. The molecular formula is C30H37NO5. The number of fused-ring (bicyclic) bond motifs is 1. The zero-order valence-corrected chi connectivity index (χ0v) is 21.2. The van der Waals surface area contributed by atoms with Crippen LogP contribution in [0.1, 0.15) is 68.6 Å². The number of benzene rings is 2. The lowest BCUT2D eigenvalue weighted by molar-refractivity contribution is -0.138. The molecule has 4 atom stereocenters. The van der Waals surface area contributed by atoms with Gasteiger partial charge >= 0.3 is 12.1 Å². The predicted molar refractivity (Wildman–Crippen MR) is 137 cm³/mol. The van der Waals surface area contributed by atoms with Crippen molar-refractivity contribution in [2.24, 2.45) is 11.8 Å². The lowest BCUT2D eigenvalue weighted by Crippen LogP contribution is -2.62. The molecule has 2 aromatic rings. The highest BCUT2D eigenvalue weighted by Gasteiger charge is 2.55. The molecule has 2 fully saturated rings. The summed E-state index contributed by atoms with van der Waals surface area (Å²) in [5, 5.41) is 8.99.